The lowest BCUT2D eigenvalue weighted by atomic mass is 10.2. The topological polar surface area (TPSA) is 9.23 Å². The van der Waals surface area contributed by atoms with Crippen molar-refractivity contribution in [3.8, 4) is 0 Å². The molecule has 82 valence electrons. The van der Waals surface area contributed by atoms with Crippen LogP contribution in [-0.4, -0.2) is 14.9 Å². The summed E-state index contributed by atoms with van der Waals surface area (Å²) in [5, 5.41) is 0. The lowest BCUT2D eigenvalue weighted by Crippen LogP contribution is -2.25. The standard InChI is InChI=1S/C12H24OSi/c1-5-6-7-8-9-10-11-12-13-14(2,3)4/h8-11H,5-7,12H2,1-4H3/b9-8+,11-10+. The first-order valence-corrected chi connectivity index (χ1v) is 8.92. The normalized spacial score (nSPS) is 13.1. The molecular formula is C12H24OSi. The molecule has 0 aromatic rings. The van der Waals surface area contributed by atoms with Gasteiger partial charge in [-0.1, -0.05) is 44.1 Å². The van der Waals surface area contributed by atoms with Crippen LogP contribution in [0, 0.1) is 0 Å². The van der Waals surface area contributed by atoms with Gasteiger partial charge in [0.1, 0.15) is 0 Å². The summed E-state index contributed by atoms with van der Waals surface area (Å²) >= 11 is 0. The van der Waals surface area contributed by atoms with E-state index in [9.17, 15) is 0 Å². The highest BCUT2D eigenvalue weighted by molar-refractivity contribution is 6.69. The van der Waals surface area contributed by atoms with Gasteiger partial charge in [0.2, 0.25) is 0 Å². The van der Waals surface area contributed by atoms with Gasteiger partial charge in [0.15, 0.2) is 8.32 Å². The summed E-state index contributed by atoms with van der Waals surface area (Å²) in [5.41, 5.74) is 0. The lowest BCUT2D eigenvalue weighted by molar-refractivity contribution is 0.357. The first kappa shape index (κ1) is 13.7. The predicted octanol–water partition coefficient (Wildman–Crippen LogP) is 4.14. The molecule has 0 unspecified atom stereocenters. The van der Waals surface area contributed by atoms with E-state index in [1.54, 1.807) is 0 Å². The van der Waals surface area contributed by atoms with Crippen LogP contribution >= 0.6 is 0 Å². The smallest absolute Gasteiger partial charge is 0.184 e. The second kappa shape index (κ2) is 8.01. The monoisotopic (exact) mass is 212 g/mol. The number of rotatable bonds is 7. The fraction of sp³-hybridized carbons (Fsp3) is 0.667. The molecule has 0 saturated carbocycles. The molecule has 0 rings (SSSR count). The zero-order valence-electron chi connectivity index (χ0n) is 10.0. The molecule has 0 aromatic carbocycles. The molecule has 0 heterocycles. The van der Waals surface area contributed by atoms with Crippen LogP contribution in [0.1, 0.15) is 26.2 Å². The van der Waals surface area contributed by atoms with Gasteiger partial charge in [-0.05, 0) is 26.1 Å². The van der Waals surface area contributed by atoms with Crippen molar-refractivity contribution in [2.45, 2.75) is 45.8 Å². The molecule has 0 fully saturated rings. The van der Waals surface area contributed by atoms with Crippen molar-refractivity contribution in [3.05, 3.63) is 24.3 Å². The highest BCUT2D eigenvalue weighted by Gasteiger charge is 2.11. The molecule has 0 aliphatic rings. The lowest BCUT2D eigenvalue weighted by Gasteiger charge is -2.14. The van der Waals surface area contributed by atoms with Crippen LogP contribution in [-0.2, 0) is 4.43 Å². The average Bonchev–Trinajstić information content (AvgIpc) is 2.08. The molecule has 0 saturated heterocycles. The Balaban J connectivity index is 3.40. The Morgan fingerprint density at radius 3 is 2.29 bits per heavy atom. The van der Waals surface area contributed by atoms with Gasteiger partial charge in [-0.2, -0.15) is 0 Å². The number of allylic oxidation sites excluding steroid dienone is 3. The molecule has 14 heavy (non-hydrogen) atoms. The van der Waals surface area contributed by atoms with Crippen molar-refractivity contribution in [1.82, 2.24) is 0 Å². The van der Waals surface area contributed by atoms with Gasteiger partial charge in [-0.3, -0.25) is 0 Å². The van der Waals surface area contributed by atoms with Crippen LogP contribution in [0.2, 0.25) is 19.6 Å². The Bertz CT molecular complexity index is 177. The van der Waals surface area contributed by atoms with E-state index in [-0.39, 0.29) is 0 Å². The van der Waals surface area contributed by atoms with Gasteiger partial charge in [0, 0.05) is 0 Å². The summed E-state index contributed by atoms with van der Waals surface area (Å²) in [5.74, 6) is 0. The maximum Gasteiger partial charge on any atom is 0.184 e. The maximum atomic E-state index is 5.68. The van der Waals surface area contributed by atoms with E-state index in [1.807, 2.05) is 0 Å². The molecule has 0 aliphatic heterocycles. The van der Waals surface area contributed by atoms with Gasteiger partial charge in [-0.15, -0.1) is 0 Å². The zero-order chi connectivity index (χ0) is 10.9. The van der Waals surface area contributed by atoms with E-state index in [4.69, 9.17) is 4.43 Å². The number of hydrogen-bond acceptors (Lipinski definition) is 1. The minimum absolute atomic E-state index is 0.758. The van der Waals surface area contributed by atoms with Crippen LogP contribution in [0.25, 0.3) is 0 Å². The first-order chi connectivity index (χ1) is 6.56. The third-order valence-electron chi connectivity index (χ3n) is 1.72. The van der Waals surface area contributed by atoms with Crippen LogP contribution in [0.4, 0.5) is 0 Å². The van der Waals surface area contributed by atoms with E-state index in [0.29, 0.717) is 0 Å². The van der Waals surface area contributed by atoms with Crippen molar-refractivity contribution >= 4 is 8.32 Å². The van der Waals surface area contributed by atoms with Crippen LogP contribution in [0.15, 0.2) is 24.3 Å². The summed E-state index contributed by atoms with van der Waals surface area (Å²) in [4.78, 5) is 0. The molecule has 0 aromatic heterocycles. The van der Waals surface area contributed by atoms with Gasteiger partial charge in [0.25, 0.3) is 0 Å². The van der Waals surface area contributed by atoms with Gasteiger partial charge in [-0.25, -0.2) is 0 Å². The van der Waals surface area contributed by atoms with E-state index in [0.717, 1.165) is 6.61 Å². The number of unbranched alkanes of at least 4 members (excludes halogenated alkanes) is 2. The summed E-state index contributed by atoms with van der Waals surface area (Å²) in [6.45, 7) is 9.59. The Labute approximate surface area is 90.0 Å². The summed E-state index contributed by atoms with van der Waals surface area (Å²) in [7, 11) is -1.31. The molecule has 0 radical (unpaired) electrons. The van der Waals surface area contributed by atoms with Gasteiger partial charge < -0.3 is 4.43 Å². The van der Waals surface area contributed by atoms with Crippen molar-refractivity contribution in [1.29, 1.82) is 0 Å². The maximum absolute atomic E-state index is 5.68. The molecule has 0 bridgehead atoms. The predicted molar refractivity (Wildman–Crippen MR) is 67.1 cm³/mol. The summed E-state index contributed by atoms with van der Waals surface area (Å²) < 4.78 is 5.68. The van der Waals surface area contributed by atoms with E-state index >= 15 is 0 Å². The third-order valence-corrected chi connectivity index (χ3v) is 2.75. The average molecular weight is 212 g/mol. The van der Waals surface area contributed by atoms with Crippen molar-refractivity contribution in [2.75, 3.05) is 6.61 Å². The minimum Gasteiger partial charge on any atom is -0.414 e. The summed E-state index contributed by atoms with van der Waals surface area (Å²) in [6, 6.07) is 0. The Kier molecular flexibility index (Phi) is 7.81. The number of hydrogen-bond donors (Lipinski definition) is 0. The molecule has 0 spiro atoms. The van der Waals surface area contributed by atoms with E-state index < -0.39 is 8.32 Å². The summed E-state index contributed by atoms with van der Waals surface area (Å²) in [6.07, 6.45) is 12.2. The van der Waals surface area contributed by atoms with Crippen molar-refractivity contribution < 1.29 is 4.43 Å². The Morgan fingerprint density at radius 1 is 1.07 bits per heavy atom. The molecule has 0 N–H and O–H groups in total. The van der Waals surface area contributed by atoms with Crippen LogP contribution < -0.4 is 0 Å². The second-order valence-electron chi connectivity index (χ2n) is 4.42. The molecule has 0 amide bonds. The van der Waals surface area contributed by atoms with Crippen LogP contribution in [0.3, 0.4) is 0 Å². The third kappa shape index (κ3) is 11.7. The van der Waals surface area contributed by atoms with E-state index in [1.165, 1.54) is 19.3 Å². The SMILES string of the molecule is CCCC/C=C/C=C/CO[Si](C)(C)C. The second-order valence-corrected chi connectivity index (χ2v) is 8.94. The fourth-order valence-corrected chi connectivity index (χ4v) is 1.53. The highest BCUT2D eigenvalue weighted by atomic mass is 28.4. The molecular weight excluding hydrogens is 188 g/mol. The molecule has 0 aliphatic carbocycles. The van der Waals surface area contributed by atoms with Gasteiger partial charge >= 0.3 is 0 Å². The zero-order valence-corrected chi connectivity index (χ0v) is 11.0. The molecule has 1 nitrogen and oxygen atoms in total. The molecule has 2 heteroatoms. The highest BCUT2D eigenvalue weighted by Crippen LogP contribution is 2.01. The van der Waals surface area contributed by atoms with Crippen molar-refractivity contribution in [3.63, 3.8) is 0 Å². The largest absolute Gasteiger partial charge is 0.414 e. The van der Waals surface area contributed by atoms with Gasteiger partial charge in [0.05, 0.1) is 6.61 Å². The van der Waals surface area contributed by atoms with Crippen LogP contribution in [0.5, 0.6) is 0 Å². The Morgan fingerprint density at radius 2 is 1.71 bits per heavy atom. The van der Waals surface area contributed by atoms with E-state index in [2.05, 4.69) is 50.9 Å². The molecule has 0 atom stereocenters. The fourth-order valence-electron chi connectivity index (χ4n) is 0.929. The minimum atomic E-state index is -1.31. The van der Waals surface area contributed by atoms with Crippen molar-refractivity contribution in [2.24, 2.45) is 0 Å². The quantitative estimate of drug-likeness (QED) is 0.350. The first-order valence-electron chi connectivity index (χ1n) is 5.52. The Hall–Kier alpha value is -0.343.